The second-order valence-corrected chi connectivity index (χ2v) is 7.08. The zero-order valence-electron chi connectivity index (χ0n) is 14.3. The van der Waals surface area contributed by atoms with Crippen molar-refractivity contribution in [2.24, 2.45) is 0 Å². The molecule has 1 aliphatic rings. The van der Waals surface area contributed by atoms with Gasteiger partial charge in [0, 0.05) is 6.04 Å². The lowest BCUT2D eigenvalue weighted by Gasteiger charge is -2.30. The van der Waals surface area contributed by atoms with E-state index in [4.69, 9.17) is 14.7 Å². The molecule has 0 aliphatic carbocycles. The predicted molar refractivity (Wildman–Crippen MR) is 86.7 cm³/mol. The number of carbonyl (C=O) groups excluding carboxylic acids is 1. The predicted octanol–water partition coefficient (Wildman–Crippen LogP) is 2.71. The fourth-order valence-electron chi connectivity index (χ4n) is 3.23. The Morgan fingerprint density at radius 3 is 2.65 bits per heavy atom. The molecule has 0 aromatic heterocycles. The Balaban J connectivity index is 2.30. The van der Waals surface area contributed by atoms with Crippen LogP contribution in [0.3, 0.4) is 0 Å². The average Bonchev–Trinajstić information content (AvgIpc) is 2.70. The molecule has 1 N–H and O–H groups in total. The Morgan fingerprint density at radius 1 is 1.43 bits per heavy atom. The first-order chi connectivity index (χ1) is 10.7. The van der Waals surface area contributed by atoms with Crippen LogP contribution in [0.5, 0.6) is 0 Å². The minimum absolute atomic E-state index is 0.00709. The molecule has 1 fully saturated rings. The summed E-state index contributed by atoms with van der Waals surface area (Å²) in [4.78, 5) is 12.3. The van der Waals surface area contributed by atoms with Gasteiger partial charge in [0.25, 0.3) is 0 Å². The second-order valence-electron chi connectivity index (χ2n) is 7.08. The molecule has 0 unspecified atom stereocenters. The Labute approximate surface area is 137 Å². The zero-order chi connectivity index (χ0) is 17.3. The number of hydrogen-bond donors (Lipinski definition) is 1. The molecule has 2 atom stereocenters. The van der Waals surface area contributed by atoms with Gasteiger partial charge in [0.1, 0.15) is 6.04 Å². The monoisotopic (exact) mass is 316 g/mol. The number of rotatable bonds is 4. The highest BCUT2D eigenvalue weighted by Crippen LogP contribution is 2.38. The van der Waals surface area contributed by atoms with Gasteiger partial charge in [0.05, 0.1) is 29.9 Å². The fraction of sp³-hybridized carbons (Fsp3) is 0.556. The number of hydrogen-bond acceptors (Lipinski definition) is 5. The molecule has 1 aromatic carbocycles. The first-order valence-corrected chi connectivity index (χ1v) is 7.72. The molecule has 5 heteroatoms. The third-order valence-corrected chi connectivity index (χ3v) is 4.23. The van der Waals surface area contributed by atoms with Gasteiger partial charge in [0.15, 0.2) is 0 Å². The highest BCUT2D eigenvalue weighted by atomic mass is 16.5. The molecule has 0 radical (unpaired) electrons. The molecular weight excluding hydrogens is 292 g/mol. The van der Waals surface area contributed by atoms with Gasteiger partial charge in [-0.25, -0.2) is 4.79 Å². The van der Waals surface area contributed by atoms with E-state index < -0.39 is 11.6 Å². The van der Waals surface area contributed by atoms with Crippen LogP contribution >= 0.6 is 0 Å². The summed E-state index contributed by atoms with van der Waals surface area (Å²) in [6.07, 6.45) is 0.783. The minimum atomic E-state index is -0.630. The SMILES string of the molecule is COC(=O)[C@H](N[C@H]1CC(C)(C)OC1(C)C)c1cccc(C#N)c1. The Morgan fingerprint density at radius 2 is 2.13 bits per heavy atom. The number of esters is 1. The van der Waals surface area contributed by atoms with E-state index in [1.807, 2.05) is 33.8 Å². The van der Waals surface area contributed by atoms with E-state index >= 15 is 0 Å². The third kappa shape index (κ3) is 3.90. The van der Waals surface area contributed by atoms with Crippen LogP contribution in [0, 0.1) is 11.3 Å². The second kappa shape index (κ2) is 6.31. The van der Waals surface area contributed by atoms with Crippen LogP contribution in [0.1, 0.15) is 51.3 Å². The van der Waals surface area contributed by atoms with Gasteiger partial charge in [-0.05, 0) is 51.8 Å². The van der Waals surface area contributed by atoms with Crippen molar-refractivity contribution in [2.75, 3.05) is 7.11 Å². The van der Waals surface area contributed by atoms with Crippen molar-refractivity contribution in [3.05, 3.63) is 35.4 Å². The Bertz CT molecular complexity index is 631. The Kier molecular flexibility index (Phi) is 4.79. The minimum Gasteiger partial charge on any atom is -0.468 e. The van der Waals surface area contributed by atoms with Gasteiger partial charge in [-0.15, -0.1) is 0 Å². The van der Waals surface area contributed by atoms with Crippen molar-refractivity contribution in [3.8, 4) is 6.07 Å². The van der Waals surface area contributed by atoms with Gasteiger partial charge in [0.2, 0.25) is 0 Å². The molecule has 2 rings (SSSR count). The molecule has 1 heterocycles. The van der Waals surface area contributed by atoms with E-state index in [-0.39, 0.29) is 17.6 Å². The lowest BCUT2D eigenvalue weighted by atomic mass is 9.92. The van der Waals surface area contributed by atoms with Crippen LogP contribution in [0.2, 0.25) is 0 Å². The summed E-state index contributed by atoms with van der Waals surface area (Å²) in [5.74, 6) is -0.374. The first kappa shape index (κ1) is 17.5. The van der Waals surface area contributed by atoms with E-state index in [1.54, 1.807) is 18.2 Å². The van der Waals surface area contributed by atoms with Crippen molar-refractivity contribution in [3.63, 3.8) is 0 Å². The number of methoxy groups -OCH3 is 1. The summed E-state index contributed by atoms with van der Waals surface area (Å²) in [6.45, 7) is 8.11. The highest BCUT2D eigenvalue weighted by molar-refractivity contribution is 5.77. The van der Waals surface area contributed by atoms with Crippen LogP contribution in [-0.4, -0.2) is 30.3 Å². The van der Waals surface area contributed by atoms with Gasteiger partial charge >= 0.3 is 5.97 Å². The molecule has 1 saturated heterocycles. The summed E-state index contributed by atoms with van der Waals surface area (Å²) in [6, 6.07) is 8.48. The number of carbonyl (C=O) groups is 1. The maximum absolute atomic E-state index is 12.3. The average molecular weight is 316 g/mol. The van der Waals surface area contributed by atoms with Gasteiger partial charge in [-0.1, -0.05) is 12.1 Å². The number of nitrogens with one attached hydrogen (secondary N) is 1. The molecule has 124 valence electrons. The zero-order valence-corrected chi connectivity index (χ0v) is 14.3. The summed E-state index contributed by atoms with van der Waals surface area (Å²) < 4.78 is 11.0. The van der Waals surface area contributed by atoms with Crippen LogP contribution in [-0.2, 0) is 14.3 Å². The molecule has 0 amide bonds. The van der Waals surface area contributed by atoms with Crippen LogP contribution in [0.4, 0.5) is 0 Å². The highest BCUT2D eigenvalue weighted by Gasteiger charge is 2.47. The number of ether oxygens (including phenoxy) is 2. The maximum Gasteiger partial charge on any atom is 0.327 e. The van der Waals surface area contributed by atoms with Gasteiger partial charge in [-0.3, -0.25) is 5.32 Å². The fourth-order valence-corrected chi connectivity index (χ4v) is 3.23. The summed E-state index contributed by atoms with van der Waals surface area (Å²) >= 11 is 0. The first-order valence-electron chi connectivity index (χ1n) is 7.72. The molecule has 23 heavy (non-hydrogen) atoms. The molecule has 1 aliphatic heterocycles. The lowest BCUT2D eigenvalue weighted by Crippen LogP contribution is -2.47. The smallest absolute Gasteiger partial charge is 0.327 e. The number of nitrogens with zero attached hydrogens (tertiary/aromatic N) is 1. The van der Waals surface area contributed by atoms with Crippen molar-refractivity contribution < 1.29 is 14.3 Å². The summed E-state index contributed by atoms with van der Waals surface area (Å²) in [7, 11) is 1.37. The van der Waals surface area contributed by atoms with Crippen molar-refractivity contribution in [1.82, 2.24) is 5.32 Å². The summed E-state index contributed by atoms with van der Waals surface area (Å²) in [5.41, 5.74) is 0.579. The van der Waals surface area contributed by atoms with E-state index in [0.29, 0.717) is 5.56 Å². The normalized spacial score (nSPS) is 23.0. The van der Waals surface area contributed by atoms with E-state index in [9.17, 15) is 4.79 Å². The van der Waals surface area contributed by atoms with Crippen molar-refractivity contribution >= 4 is 5.97 Å². The van der Waals surface area contributed by atoms with Gasteiger partial charge < -0.3 is 9.47 Å². The maximum atomic E-state index is 12.3. The van der Waals surface area contributed by atoms with Crippen LogP contribution < -0.4 is 5.32 Å². The number of nitriles is 1. The van der Waals surface area contributed by atoms with Crippen LogP contribution in [0.25, 0.3) is 0 Å². The topological polar surface area (TPSA) is 71.3 Å². The van der Waals surface area contributed by atoms with Gasteiger partial charge in [-0.2, -0.15) is 5.26 Å². The van der Waals surface area contributed by atoms with E-state index in [1.165, 1.54) is 7.11 Å². The lowest BCUT2D eigenvalue weighted by molar-refractivity contribution is -0.144. The van der Waals surface area contributed by atoms with Crippen molar-refractivity contribution in [1.29, 1.82) is 5.26 Å². The molecule has 0 spiro atoms. The summed E-state index contributed by atoms with van der Waals surface area (Å²) in [5, 5.41) is 12.4. The van der Waals surface area contributed by atoms with E-state index in [0.717, 1.165) is 12.0 Å². The quantitative estimate of drug-likeness (QED) is 0.865. The van der Waals surface area contributed by atoms with E-state index in [2.05, 4.69) is 11.4 Å². The molecule has 0 saturated carbocycles. The van der Waals surface area contributed by atoms with Crippen molar-refractivity contribution in [2.45, 2.75) is 57.4 Å². The molecule has 0 bridgehead atoms. The third-order valence-electron chi connectivity index (χ3n) is 4.23. The standard InChI is InChI=1S/C18H24N2O3/c1-17(2)10-14(18(3,4)23-17)20-15(16(21)22-5)13-8-6-7-12(9-13)11-19/h6-9,14-15,20H,10H2,1-5H3/t14-,15+/m0/s1. The molecule has 1 aromatic rings. The molecule has 5 nitrogen and oxygen atoms in total. The molecular formula is C18H24N2O3. The largest absolute Gasteiger partial charge is 0.468 e. The Hall–Kier alpha value is -1.90. The number of benzene rings is 1. The van der Waals surface area contributed by atoms with Crippen LogP contribution in [0.15, 0.2) is 24.3 Å².